The zero-order valence-electron chi connectivity index (χ0n) is 14.7. The lowest BCUT2D eigenvalue weighted by Gasteiger charge is -2.14. The lowest BCUT2D eigenvalue weighted by Crippen LogP contribution is -2.21. The van der Waals surface area contributed by atoms with Gasteiger partial charge >= 0.3 is 0 Å². The molecule has 2 heterocycles. The van der Waals surface area contributed by atoms with Crippen molar-refractivity contribution in [3.63, 3.8) is 0 Å². The van der Waals surface area contributed by atoms with E-state index in [2.05, 4.69) is 25.6 Å². The first kappa shape index (κ1) is 18.7. The first-order chi connectivity index (χ1) is 13.0. The number of aliphatic hydroxyl groups excluding tert-OH is 1. The van der Waals surface area contributed by atoms with Crippen LogP contribution in [0.4, 0.5) is 20.5 Å². The second-order valence-corrected chi connectivity index (χ2v) is 6.01. The second kappa shape index (κ2) is 8.50. The van der Waals surface area contributed by atoms with Gasteiger partial charge in [0, 0.05) is 24.8 Å². The number of halogens is 2. The molecule has 1 atom stereocenters. The molecule has 0 spiro atoms. The van der Waals surface area contributed by atoms with E-state index < -0.39 is 11.6 Å². The summed E-state index contributed by atoms with van der Waals surface area (Å²) in [5, 5.41) is 15.3. The maximum absolute atomic E-state index is 13.4. The lowest BCUT2D eigenvalue weighted by atomic mass is 10.2. The van der Waals surface area contributed by atoms with Crippen LogP contribution >= 0.6 is 0 Å². The van der Waals surface area contributed by atoms with Crippen LogP contribution in [0.1, 0.15) is 12.5 Å². The highest BCUT2D eigenvalue weighted by Gasteiger charge is 2.10. The molecule has 0 bridgehead atoms. The number of aromatic nitrogens is 3. The van der Waals surface area contributed by atoms with Gasteiger partial charge in [0.25, 0.3) is 0 Å². The molecule has 6 nitrogen and oxygen atoms in total. The van der Waals surface area contributed by atoms with Crippen LogP contribution in [0.5, 0.6) is 0 Å². The Labute approximate surface area is 155 Å². The summed E-state index contributed by atoms with van der Waals surface area (Å²) in [5.74, 6) is -0.969. The van der Waals surface area contributed by atoms with E-state index in [-0.39, 0.29) is 19.2 Å². The summed E-state index contributed by atoms with van der Waals surface area (Å²) < 4.78 is 26.4. The van der Waals surface area contributed by atoms with Crippen LogP contribution in [0.3, 0.4) is 0 Å². The molecule has 0 aliphatic heterocycles. The number of rotatable bonds is 7. The number of nitrogens with one attached hydrogen (secondary N) is 2. The third-order valence-electron chi connectivity index (χ3n) is 3.76. The number of pyridine rings is 1. The molecule has 0 saturated heterocycles. The summed E-state index contributed by atoms with van der Waals surface area (Å²) >= 11 is 0. The number of benzene rings is 1. The molecule has 3 aromatic rings. The maximum Gasteiger partial charge on any atom is 0.225 e. The van der Waals surface area contributed by atoms with Crippen LogP contribution in [-0.2, 0) is 6.54 Å². The largest absolute Gasteiger partial charge is 0.394 e. The highest BCUT2D eigenvalue weighted by atomic mass is 19.2. The van der Waals surface area contributed by atoms with Crippen molar-refractivity contribution >= 4 is 11.8 Å². The summed E-state index contributed by atoms with van der Waals surface area (Å²) in [6, 6.07) is 10.7. The molecule has 2 aromatic heterocycles. The monoisotopic (exact) mass is 371 g/mol. The van der Waals surface area contributed by atoms with E-state index in [0.29, 0.717) is 28.7 Å². The van der Waals surface area contributed by atoms with Crippen LogP contribution in [0.15, 0.2) is 48.7 Å². The van der Waals surface area contributed by atoms with Gasteiger partial charge in [-0.3, -0.25) is 4.98 Å². The topological polar surface area (TPSA) is 83.0 Å². The van der Waals surface area contributed by atoms with Gasteiger partial charge in [0.15, 0.2) is 11.6 Å². The van der Waals surface area contributed by atoms with Crippen molar-refractivity contribution in [1.29, 1.82) is 0 Å². The molecule has 0 radical (unpaired) electrons. The van der Waals surface area contributed by atoms with Gasteiger partial charge in [0.2, 0.25) is 5.95 Å². The minimum Gasteiger partial charge on any atom is -0.394 e. The predicted molar refractivity (Wildman–Crippen MR) is 99.1 cm³/mol. The minimum absolute atomic E-state index is 0.0746. The van der Waals surface area contributed by atoms with Crippen LogP contribution < -0.4 is 10.6 Å². The summed E-state index contributed by atoms with van der Waals surface area (Å²) in [6.45, 7) is 1.98. The number of hydrogen-bond acceptors (Lipinski definition) is 6. The number of anilines is 2. The van der Waals surface area contributed by atoms with Gasteiger partial charge in [-0.1, -0.05) is 12.1 Å². The zero-order valence-corrected chi connectivity index (χ0v) is 14.7. The third-order valence-corrected chi connectivity index (χ3v) is 3.76. The van der Waals surface area contributed by atoms with Crippen molar-refractivity contribution in [3.05, 3.63) is 65.9 Å². The molecule has 8 heteroatoms. The van der Waals surface area contributed by atoms with Gasteiger partial charge in [-0.05, 0) is 36.8 Å². The quantitative estimate of drug-likeness (QED) is 0.592. The first-order valence-electron chi connectivity index (χ1n) is 8.41. The smallest absolute Gasteiger partial charge is 0.225 e. The minimum atomic E-state index is -0.898. The van der Waals surface area contributed by atoms with Gasteiger partial charge in [-0.2, -0.15) is 4.98 Å². The molecule has 0 aliphatic carbocycles. The molecule has 0 aliphatic rings. The first-order valence-corrected chi connectivity index (χ1v) is 8.41. The van der Waals surface area contributed by atoms with Crippen molar-refractivity contribution in [2.45, 2.75) is 19.5 Å². The van der Waals surface area contributed by atoms with E-state index in [4.69, 9.17) is 0 Å². The molecule has 3 rings (SSSR count). The van der Waals surface area contributed by atoms with E-state index in [0.717, 1.165) is 12.1 Å². The molecule has 0 saturated carbocycles. The van der Waals surface area contributed by atoms with Gasteiger partial charge < -0.3 is 15.7 Å². The average Bonchev–Trinajstić information content (AvgIpc) is 2.69. The van der Waals surface area contributed by atoms with Gasteiger partial charge in [-0.15, -0.1) is 0 Å². The Hall–Kier alpha value is -3.13. The Morgan fingerprint density at radius 3 is 2.59 bits per heavy atom. The Bertz CT molecular complexity index is 908. The van der Waals surface area contributed by atoms with Crippen molar-refractivity contribution < 1.29 is 13.9 Å². The third kappa shape index (κ3) is 4.95. The number of nitrogens with zero attached hydrogens (tertiary/aromatic N) is 3. The van der Waals surface area contributed by atoms with Crippen molar-refractivity contribution in [1.82, 2.24) is 15.0 Å². The summed E-state index contributed by atoms with van der Waals surface area (Å²) in [6.07, 6.45) is 1.66. The Kier molecular flexibility index (Phi) is 5.87. The Balaban J connectivity index is 1.86. The van der Waals surface area contributed by atoms with Gasteiger partial charge in [-0.25, -0.2) is 13.8 Å². The van der Waals surface area contributed by atoms with Gasteiger partial charge in [0.05, 0.1) is 18.0 Å². The van der Waals surface area contributed by atoms with E-state index in [1.807, 2.05) is 12.1 Å². The van der Waals surface area contributed by atoms with Gasteiger partial charge in [0.1, 0.15) is 5.82 Å². The molecule has 3 N–H and O–H groups in total. The molecule has 0 unspecified atom stereocenters. The van der Waals surface area contributed by atoms with Crippen molar-refractivity contribution in [3.8, 4) is 11.4 Å². The number of aliphatic hydroxyl groups is 1. The normalized spacial score (nSPS) is 11.9. The van der Waals surface area contributed by atoms with E-state index >= 15 is 0 Å². The molecule has 27 heavy (non-hydrogen) atoms. The molecule has 1 aromatic carbocycles. The maximum atomic E-state index is 13.4. The summed E-state index contributed by atoms with van der Waals surface area (Å²) in [4.78, 5) is 13.1. The molecule has 140 valence electrons. The highest BCUT2D eigenvalue weighted by Crippen LogP contribution is 2.20. The van der Waals surface area contributed by atoms with Crippen molar-refractivity contribution in [2.75, 3.05) is 17.2 Å². The van der Waals surface area contributed by atoms with Crippen LogP contribution in [0.25, 0.3) is 11.4 Å². The lowest BCUT2D eigenvalue weighted by molar-refractivity contribution is 0.281. The van der Waals surface area contributed by atoms with Crippen LogP contribution in [0.2, 0.25) is 0 Å². The molecule has 0 fully saturated rings. The average molecular weight is 371 g/mol. The summed E-state index contributed by atoms with van der Waals surface area (Å²) in [7, 11) is 0. The van der Waals surface area contributed by atoms with Crippen LogP contribution in [-0.4, -0.2) is 32.7 Å². The fraction of sp³-hybridized carbons (Fsp3) is 0.211. The van der Waals surface area contributed by atoms with E-state index in [1.54, 1.807) is 25.3 Å². The SMILES string of the molecule is C[C@@H](CO)Nc1nc(NCc2ccc(F)c(F)c2)cc(-c2ccccn2)n1. The predicted octanol–water partition coefficient (Wildman–Crippen LogP) is 3.22. The second-order valence-electron chi connectivity index (χ2n) is 6.01. The number of hydrogen-bond donors (Lipinski definition) is 3. The van der Waals surface area contributed by atoms with E-state index in [9.17, 15) is 13.9 Å². The fourth-order valence-corrected chi connectivity index (χ4v) is 2.36. The highest BCUT2D eigenvalue weighted by molar-refractivity contribution is 5.61. The van der Waals surface area contributed by atoms with Crippen LogP contribution in [0, 0.1) is 11.6 Å². The Morgan fingerprint density at radius 1 is 1.04 bits per heavy atom. The molecular weight excluding hydrogens is 352 g/mol. The molecule has 0 amide bonds. The molecular formula is C19H19F2N5O. The summed E-state index contributed by atoms with van der Waals surface area (Å²) in [5.41, 5.74) is 1.83. The zero-order chi connectivity index (χ0) is 19.2. The van der Waals surface area contributed by atoms with Crippen molar-refractivity contribution in [2.24, 2.45) is 0 Å². The fourth-order valence-electron chi connectivity index (χ4n) is 2.36. The van der Waals surface area contributed by atoms with E-state index in [1.165, 1.54) is 6.07 Å². The Morgan fingerprint density at radius 2 is 1.89 bits per heavy atom. The standard InChI is InChI=1S/C19H19F2N5O/c1-12(11-27)24-19-25-17(16-4-2-3-7-22-16)9-18(26-19)23-10-13-5-6-14(20)15(21)8-13/h2-9,12,27H,10-11H2,1H3,(H2,23,24,25,26)/t12-/m0/s1.